The van der Waals surface area contributed by atoms with Crippen LogP contribution in [0, 0.1) is 11.3 Å². The van der Waals surface area contributed by atoms with Gasteiger partial charge in [0, 0.05) is 18.0 Å². The normalized spacial score (nSPS) is 11.1. The number of aromatic amines is 1. The standard InChI is InChI=1S/C14H8N6OS2/c15-4-8-5-18-20-11(21)3-9(19-13(8)20)6-23-14-12-10(1-2-22-12)16-7-17-14/h1-3,5,7,18H,6H2. The molecule has 23 heavy (non-hydrogen) atoms. The van der Waals surface area contributed by atoms with Gasteiger partial charge >= 0.3 is 0 Å². The number of rotatable bonds is 3. The molecule has 4 aromatic heterocycles. The first kappa shape index (κ1) is 13.9. The van der Waals surface area contributed by atoms with E-state index in [0.29, 0.717) is 22.7 Å². The van der Waals surface area contributed by atoms with Crippen LogP contribution in [0.2, 0.25) is 0 Å². The highest BCUT2D eigenvalue weighted by molar-refractivity contribution is 7.98. The Balaban J connectivity index is 1.69. The minimum Gasteiger partial charge on any atom is -0.295 e. The zero-order chi connectivity index (χ0) is 15.8. The molecule has 0 spiro atoms. The van der Waals surface area contributed by atoms with Crippen LogP contribution in [0.4, 0.5) is 0 Å². The predicted molar refractivity (Wildman–Crippen MR) is 87.5 cm³/mol. The Labute approximate surface area is 137 Å². The Hall–Kier alpha value is -2.70. The first-order valence-corrected chi connectivity index (χ1v) is 8.44. The molecule has 4 aromatic rings. The van der Waals surface area contributed by atoms with Crippen molar-refractivity contribution < 1.29 is 0 Å². The summed E-state index contributed by atoms with van der Waals surface area (Å²) < 4.78 is 2.28. The molecule has 4 heterocycles. The molecule has 4 rings (SSSR count). The Bertz CT molecular complexity index is 1120. The van der Waals surface area contributed by atoms with Gasteiger partial charge in [-0.2, -0.15) is 5.26 Å². The van der Waals surface area contributed by atoms with Crippen molar-refractivity contribution in [1.82, 2.24) is 24.6 Å². The van der Waals surface area contributed by atoms with Crippen molar-refractivity contribution in [2.75, 3.05) is 0 Å². The maximum Gasteiger partial charge on any atom is 0.272 e. The van der Waals surface area contributed by atoms with Gasteiger partial charge in [0.05, 0.1) is 15.9 Å². The first-order chi connectivity index (χ1) is 11.3. The Kier molecular flexibility index (Phi) is 3.33. The second-order valence-electron chi connectivity index (χ2n) is 4.65. The van der Waals surface area contributed by atoms with E-state index in [4.69, 9.17) is 5.26 Å². The quantitative estimate of drug-likeness (QED) is 0.453. The van der Waals surface area contributed by atoms with Gasteiger partial charge in [0.25, 0.3) is 5.56 Å². The molecule has 0 unspecified atom stereocenters. The van der Waals surface area contributed by atoms with E-state index in [-0.39, 0.29) is 5.56 Å². The minimum atomic E-state index is -0.240. The van der Waals surface area contributed by atoms with Crippen LogP contribution in [-0.2, 0) is 5.75 Å². The molecule has 0 atom stereocenters. The fourth-order valence-corrected chi connectivity index (χ4v) is 4.04. The second kappa shape index (κ2) is 5.49. The van der Waals surface area contributed by atoms with Gasteiger partial charge < -0.3 is 0 Å². The molecule has 7 nitrogen and oxygen atoms in total. The molecule has 0 aliphatic rings. The van der Waals surface area contributed by atoms with Crippen LogP contribution in [-0.4, -0.2) is 24.6 Å². The van der Waals surface area contributed by atoms with Gasteiger partial charge in [0.1, 0.15) is 23.0 Å². The van der Waals surface area contributed by atoms with E-state index >= 15 is 0 Å². The topological polar surface area (TPSA) is 99.7 Å². The van der Waals surface area contributed by atoms with Crippen molar-refractivity contribution in [3.8, 4) is 6.07 Å². The number of thiophene rings is 1. The summed E-state index contributed by atoms with van der Waals surface area (Å²) in [5.41, 5.74) is 1.97. The summed E-state index contributed by atoms with van der Waals surface area (Å²) in [6.45, 7) is 0. The van der Waals surface area contributed by atoms with Gasteiger partial charge in [-0.1, -0.05) is 11.8 Å². The first-order valence-electron chi connectivity index (χ1n) is 6.57. The van der Waals surface area contributed by atoms with Gasteiger partial charge in [0.15, 0.2) is 5.65 Å². The summed E-state index contributed by atoms with van der Waals surface area (Å²) in [7, 11) is 0. The number of aromatic nitrogens is 5. The molecule has 0 radical (unpaired) electrons. The molecule has 0 aliphatic heterocycles. The maximum absolute atomic E-state index is 12.1. The van der Waals surface area contributed by atoms with Crippen molar-refractivity contribution in [2.24, 2.45) is 0 Å². The lowest BCUT2D eigenvalue weighted by Crippen LogP contribution is -2.15. The molecular formula is C14H8N6OS2. The van der Waals surface area contributed by atoms with E-state index < -0.39 is 0 Å². The Morgan fingerprint density at radius 3 is 3.22 bits per heavy atom. The average molecular weight is 340 g/mol. The van der Waals surface area contributed by atoms with Gasteiger partial charge in [0.2, 0.25) is 0 Å². The summed E-state index contributed by atoms with van der Waals surface area (Å²) in [5.74, 6) is 0.492. The third-order valence-electron chi connectivity index (χ3n) is 3.24. The molecule has 0 saturated carbocycles. The monoisotopic (exact) mass is 340 g/mol. The van der Waals surface area contributed by atoms with Crippen LogP contribution in [0.25, 0.3) is 15.9 Å². The van der Waals surface area contributed by atoms with Crippen LogP contribution < -0.4 is 5.56 Å². The number of nitriles is 1. The summed E-state index contributed by atoms with van der Waals surface area (Å²) >= 11 is 3.08. The minimum absolute atomic E-state index is 0.240. The summed E-state index contributed by atoms with van der Waals surface area (Å²) in [5, 5.41) is 14.6. The van der Waals surface area contributed by atoms with Gasteiger partial charge in [-0.3, -0.25) is 9.89 Å². The highest BCUT2D eigenvalue weighted by atomic mass is 32.2. The third kappa shape index (κ3) is 2.38. The maximum atomic E-state index is 12.1. The van der Waals surface area contributed by atoms with Crippen LogP contribution in [0.1, 0.15) is 11.3 Å². The van der Waals surface area contributed by atoms with Crippen molar-refractivity contribution in [3.05, 3.63) is 51.6 Å². The average Bonchev–Trinajstić information content (AvgIpc) is 3.19. The van der Waals surface area contributed by atoms with Crippen LogP contribution in [0.5, 0.6) is 0 Å². The zero-order valence-corrected chi connectivity index (χ0v) is 13.2. The van der Waals surface area contributed by atoms with E-state index in [1.54, 1.807) is 11.3 Å². The highest BCUT2D eigenvalue weighted by Crippen LogP contribution is 2.30. The number of H-pyrrole nitrogens is 1. The molecule has 0 saturated heterocycles. The van der Waals surface area contributed by atoms with Gasteiger partial charge in [-0.15, -0.1) is 11.3 Å². The lowest BCUT2D eigenvalue weighted by Gasteiger charge is -2.02. The second-order valence-corrected chi connectivity index (χ2v) is 6.53. The van der Waals surface area contributed by atoms with Crippen LogP contribution in [0.3, 0.4) is 0 Å². The van der Waals surface area contributed by atoms with E-state index in [2.05, 4.69) is 20.1 Å². The molecule has 1 N–H and O–H groups in total. The third-order valence-corrected chi connectivity index (χ3v) is 5.30. The molecular weight excluding hydrogens is 332 g/mol. The number of hydrogen-bond donors (Lipinski definition) is 1. The van der Waals surface area contributed by atoms with Gasteiger partial charge in [-0.25, -0.2) is 19.5 Å². The predicted octanol–water partition coefficient (Wildman–Crippen LogP) is 2.19. The number of nitrogens with zero attached hydrogens (tertiary/aromatic N) is 5. The number of hydrogen-bond acceptors (Lipinski definition) is 7. The molecule has 9 heteroatoms. The lowest BCUT2D eigenvalue weighted by atomic mass is 10.3. The van der Waals surface area contributed by atoms with Crippen molar-refractivity contribution >= 4 is 39.0 Å². The Morgan fingerprint density at radius 2 is 2.35 bits per heavy atom. The molecule has 0 aromatic carbocycles. The number of nitrogens with one attached hydrogen (secondary N) is 1. The molecule has 112 valence electrons. The smallest absolute Gasteiger partial charge is 0.272 e. The van der Waals surface area contributed by atoms with Crippen molar-refractivity contribution in [3.63, 3.8) is 0 Å². The lowest BCUT2D eigenvalue weighted by molar-refractivity contribution is 0.888. The van der Waals surface area contributed by atoms with E-state index in [1.165, 1.54) is 34.9 Å². The molecule has 0 amide bonds. The van der Waals surface area contributed by atoms with Gasteiger partial charge in [-0.05, 0) is 11.4 Å². The van der Waals surface area contributed by atoms with E-state index in [0.717, 1.165) is 15.2 Å². The largest absolute Gasteiger partial charge is 0.295 e. The molecule has 0 bridgehead atoms. The fraction of sp³-hybridized carbons (Fsp3) is 0.0714. The van der Waals surface area contributed by atoms with Crippen molar-refractivity contribution in [1.29, 1.82) is 5.26 Å². The SMILES string of the molecule is N#Cc1c[nH]n2c(=O)cc(CSc3ncnc4ccsc34)nc12. The summed E-state index contributed by atoms with van der Waals surface area (Å²) in [6, 6.07) is 5.43. The zero-order valence-electron chi connectivity index (χ0n) is 11.6. The van der Waals surface area contributed by atoms with E-state index in [1.807, 2.05) is 17.5 Å². The molecule has 0 fully saturated rings. The molecule has 0 aliphatic carbocycles. The van der Waals surface area contributed by atoms with Crippen LogP contribution >= 0.6 is 23.1 Å². The summed E-state index contributed by atoms with van der Waals surface area (Å²) in [4.78, 5) is 25.0. The highest BCUT2D eigenvalue weighted by Gasteiger charge is 2.11. The van der Waals surface area contributed by atoms with Crippen LogP contribution in [0.15, 0.2) is 39.9 Å². The Morgan fingerprint density at radius 1 is 1.43 bits per heavy atom. The fourth-order valence-electron chi connectivity index (χ4n) is 2.20. The number of thioether (sulfide) groups is 1. The summed E-state index contributed by atoms with van der Waals surface area (Å²) in [6.07, 6.45) is 3.00. The number of fused-ring (bicyclic) bond motifs is 2. The van der Waals surface area contributed by atoms with Crippen molar-refractivity contribution in [2.45, 2.75) is 10.8 Å². The van der Waals surface area contributed by atoms with E-state index in [9.17, 15) is 4.79 Å².